The highest BCUT2D eigenvalue weighted by molar-refractivity contribution is 5.94. The second-order valence-corrected chi connectivity index (χ2v) is 7.53. The lowest BCUT2D eigenvalue weighted by atomic mass is 9.81. The number of benzene rings is 1. The fourth-order valence-corrected chi connectivity index (χ4v) is 3.42. The number of carbonyl (C=O) groups is 1. The van der Waals surface area contributed by atoms with Crippen LogP contribution in [0, 0.1) is 19.3 Å². The van der Waals surface area contributed by atoms with E-state index in [4.69, 9.17) is 0 Å². The van der Waals surface area contributed by atoms with Crippen molar-refractivity contribution in [2.75, 3.05) is 19.6 Å². The van der Waals surface area contributed by atoms with E-state index in [1.807, 2.05) is 35.9 Å². The molecule has 1 amide bonds. The first-order valence-electron chi connectivity index (χ1n) is 9.04. The molecule has 2 N–H and O–H groups in total. The van der Waals surface area contributed by atoms with Crippen molar-refractivity contribution in [3.05, 3.63) is 52.8 Å². The van der Waals surface area contributed by atoms with Crippen molar-refractivity contribution in [3.8, 4) is 0 Å². The Morgan fingerprint density at radius 1 is 1.28 bits per heavy atom. The molecule has 5 nitrogen and oxygen atoms in total. The Kier molecular flexibility index (Phi) is 5.23. The molecule has 1 aromatic carbocycles. The first kappa shape index (κ1) is 17.7. The molecule has 0 unspecified atom stereocenters. The Morgan fingerprint density at radius 2 is 2.04 bits per heavy atom. The van der Waals surface area contributed by atoms with Crippen LogP contribution < -0.4 is 10.6 Å². The average Bonchev–Trinajstić information content (AvgIpc) is 2.91. The third-order valence-electron chi connectivity index (χ3n) is 5.11. The SMILES string of the molecule is Cc1cc(C)n(Cc2cccc(C(=O)NCC3(C)CCNCC3)c2)n1. The summed E-state index contributed by atoms with van der Waals surface area (Å²) in [7, 11) is 0. The maximum atomic E-state index is 12.6. The Bertz CT molecular complexity index is 744. The number of amides is 1. The fraction of sp³-hybridized carbons (Fsp3) is 0.500. The second kappa shape index (κ2) is 7.40. The zero-order chi connectivity index (χ0) is 17.9. The van der Waals surface area contributed by atoms with Gasteiger partial charge in [0, 0.05) is 17.8 Å². The van der Waals surface area contributed by atoms with Crippen molar-refractivity contribution >= 4 is 5.91 Å². The van der Waals surface area contributed by atoms with E-state index in [9.17, 15) is 4.79 Å². The van der Waals surface area contributed by atoms with Gasteiger partial charge in [-0.05, 0) is 69.0 Å². The van der Waals surface area contributed by atoms with Gasteiger partial charge in [0.05, 0.1) is 12.2 Å². The molecule has 2 heterocycles. The summed E-state index contributed by atoms with van der Waals surface area (Å²) in [5.74, 6) is 0.00924. The van der Waals surface area contributed by atoms with Gasteiger partial charge in [-0.1, -0.05) is 19.1 Å². The maximum absolute atomic E-state index is 12.6. The van der Waals surface area contributed by atoms with Crippen LogP contribution in [0.25, 0.3) is 0 Å². The molecular formula is C20H28N4O. The quantitative estimate of drug-likeness (QED) is 0.880. The summed E-state index contributed by atoms with van der Waals surface area (Å²) < 4.78 is 1.97. The van der Waals surface area contributed by atoms with E-state index < -0.39 is 0 Å². The molecule has 0 atom stereocenters. The predicted octanol–water partition coefficient (Wildman–Crippen LogP) is 2.67. The number of aryl methyl sites for hydroxylation is 2. The van der Waals surface area contributed by atoms with Crippen molar-refractivity contribution in [3.63, 3.8) is 0 Å². The molecule has 1 aliphatic rings. The lowest BCUT2D eigenvalue weighted by Crippen LogP contribution is -2.42. The van der Waals surface area contributed by atoms with Gasteiger partial charge in [-0.15, -0.1) is 0 Å². The molecule has 1 fully saturated rings. The van der Waals surface area contributed by atoms with Crippen molar-refractivity contribution in [1.82, 2.24) is 20.4 Å². The Labute approximate surface area is 149 Å². The van der Waals surface area contributed by atoms with Gasteiger partial charge in [0.15, 0.2) is 0 Å². The normalized spacial score (nSPS) is 16.6. The minimum absolute atomic E-state index is 0.00924. The minimum atomic E-state index is 0.00924. The van der Waals surface area contributed by atoms with E-state index in [2.05, 4.69) is 35.6 Å². The second-order valence-electron chi connectivity index (χ2n) is 7.53. The number of aromatic nitrogens is 2. The van der Waals surface area contributed by atoms with Crippen LogP contribution in [0.5, 0.6) is 0 Å². The molecule has 0 radical (unpaired) electrons. The van der Waals surface area contributed by atoms with Crippen molar-refractivity contribution in [2.45, 2.75) is 40.2 Å². The van der Waals surface area contributed by atoms with Crippen LogP contribution in [0.4, 0.5) is 0 Å². The van der Waals surface area contributed by atoms with Gasteiger partial charge in [0.25, 0.3) is 5.91 Å². The van der Waals surface area contributed by atoms with Crippen LogP contribution in [0.1, 0.15) is 47.1 Å². The molecule has 5 heteroatoms. The molecule has 0 spiro atoms. The Balaban J connectivity index is 1.64. The van der Waals surface area contributed by atoms with Crippen LogP contribution in [-0.2, 0) is 6.54 Å². The van der Waals surface area contributed by atoms with Gasteiger partial charge in [0.2, 0.25) is 0 Å². The van der Waals surface area contributed by atoms with Crippen molar-refractivity contribution < 1.29 is 4.79 Å². The number of rotatable bonds is 5. The Hall–Kier alpha value is -2.14. The van der Waals surface area contributed by atoms with Gasteiger partial charge < -0.3 is 10.6 Å². The molecular weight excluding hydrogens is 312 g/mol. The standard InChI is InChI=1S/C20H28N4O/c1-15-11-16(2)24(23-15)13-17-5-4-6-18(12-17)19(25)22-14-20(3)7-9-21-10-8-20/h4-6,11-12,21H,7-10,13-14H2,1-3H3,(H,22,25). The van der Waals surface area contributed by atoms with E-state index in [1.54, 1.807) is 0 Å². The molecule has 0 saturated carbocycles. The van der Waals surface area contributed by atoms with Crippen molar-refractivity contribution in [2.24, 2.45) is 5.41 Å². The number of hydrogen-bond donors (Lipinski definition) is 2. The lowest BCUT2D eigenvalue weighted by Gasteiger charge is -2.34. The number of hydrogen-bond acceptors (Lipinski definition) is 3. The van der Waals surface area contributed by atoms with Crippen LogP contribution in [0.3, 0.4) is 0 Å². The van der Waals surface area contributed by atoms with Gasteiger partial charge >= 0.3 is 0 Å². The third-order valence-corrected chi connectivity index (χ3v) is 5.11. The zero-order valence-corrected chi connectivity index (χ0v) is 15.4. The van der Waals surface area contributed by atoms with Crippen LogP contribution in [-0.4, -0.2) is 35.3 Å². The largest absolute Gasteiger partial charge is 0.351 e. The summed E-state index contributed by atoms with van der Waals surface area (Å²) in [6.45, 7) is 9.78. The summed E-state index contributed by atoms with van der Waals surface area (Å²) in [4.78, 5) is 12.6. The molecule has 1 aromatic heterocycles. The third kappa shape index (κ3) is 4.48. The van der Waals surface area contributed by atoms with Crippen LogP contribution in [0.15, 0.2) is 30.3 Å². The van der Waals surface area contributed by atoms with E-state index in [0.717, 1.165) is 55.0 Å². The lowest BCUT2D eigenvalue weighted by molar-refractivity contribution is 0.0922. The number of nitrogens with one attached hydrogen (secondary N) is 2. The smallest absolute Gasteiger partial charge is 0.251 e. The molecule has 1 saturated heterocycles. The first-order valence-corrected chi connectivity index (χ1v) is 9.04. The highest BCUT2D eigenvalue weighted by Gasteiger charge is 2.27. The van der Waals surface area contributed by atoms with E-state index in [-0.39, 0.29) is 11.3 Å². The molecule has 134 valence electrons. The molecule has 1 aliphatic heterocycles. The van der Waals surface area contributed by atoms with Gasteiger partial charge in [0.1, 0.15) is 0 Å². The summed E-state index contributed by atoms with van der Waals surface area (Å²) in [6, 6.07) is 9.90. The molecule has 3 rings (SSSR count). The molecule has 0 bridgehead atoms. The van der Waals surface area contributed by atoms with Gasteiger partial charge in [-0.2, -0.15) is 5.10 Å². The topological polar surface area (TPSA) is 59.0 Å². The summed E-state index contributed by atoms with van der Waals surface area (Å²) in [5, 5.41) is 11.0. The summed E-state index contributed by atoms with van der Waals surface area (Å²) in [5.41, 5.74) is 4.15. The first-order chi connectivity index (χ1) is 12.0. The zero-order valence-electron chi connectivity index (χ0n) is 15.4. The maximum Gasteiger partial charge on any atom is 0.251 e. The van der Waals surface area contributed by atoms with Crippen LogP contribution in [0.2, 0.25) is 0 Å². The van der Waals surface area contributed by atoms with E-state index >= 15 is 0 Å². The number of nitrogens with zero attached hydrogens (tertiary/aromatic N) is 2. The summed E-state index contributed by atoms with van der Waals surface area (Å²) in [6.07, 6.45) is 2.20. The van der Waals surface area contributed by atoms with Gasteiger partial charge in [-0.3, -0.25) is 9.48 Å². The molecule has 25 heavy (non-hydrogen) atoms. The predicted molar refractivity (Wildman–Crippen MR) is 99.8 cm³/mol. The highest BCUT2D eigenvalue weighted by atomic mass is 16.1. The molecule has 2 aromatic rings. The number of piperidine rings is 1. The molecule has 0 aliphatic carbocycles. The Morgan fingerprint density at radius 3 is 2.72 bits per heavy atom. The van der Waals surface area contributed by atoms with Crippen molar-refractivity contribution in [1.29, 1.82) is 0 Å². The highest BCUT2D eigenvalue weighted by Crippen LogP contribution is 2.26. The van der Waals surface area contributed by atoms with E-state index in [0.29, 0.717) is 6.54 Å². The minimum Gasteiger partial charge on any atom is -0.351 e. The summed E-state index contributed by atoms with van der Waals surface area (Å²) >= 11 is 0. The monoisotopic (exact) mass is 340 g/mol. The average molecular weight is 340 g/mol. The van der Waals surface area contributed by atoms with Gasteiger partial charge in [-0.25, -0.2) is 0 Å². The van der Waals surface area contributed by atoms with Crippen LogP contribution >= 0.6 is 0 Å². The number of carbonyl (C=O) groups excluding carboxylic acids is 1. The van der Waals surface area contributed by atoms with E-state index in [1.165, 1.54) is 0 Å². The fourth-order valence-electron chi connectivity index (χ4n) is 3.42.